The van der Waals surface area contributed by atoms with Crippen LogP contribution in [-0.2, 0) is 4.79 Å². The standard InChI is InChI=1S/C20H17NO3/c1-21-12-11-16(17-7-2-3-8-18(17)21)6-4-5-15-9-10-19(23)20(13-15)24-14-22/h2-14,23H,1H3/b5-4+,16-6+. The molecule has 0 bridgehead atoms. The number of phenols is 1. The van der Waals surface area contributed by atoms with Gasteiger partial charge in [0.05, 0.1) is 0 Å². The van der Waals surface area contributed by atoms with E-state index in [2.05, 4.69) is 23.1 Å². The van der Waals surface area contributed by atoms with Crippen molar-refractivity contribution in [1.82, 2.24) is 0 Å². The molecular weight excluding hydrogens is 302 g/mol. The molecule has 0 saturated heterocycles. The Morgan fingerprint density at radius 1 is 1.17 bits per heavy atom. The van der Waals surface area contributed by atoms with E-state index in [-0.39, 0.29) is 11.5 Å². The van der Waals surface area contributed by atoms with Gasteiger partial charge in [0.25, 0.3) is 6.47 Å². The van der Waals surface area contributed by atoms with Gasteiger partial charge in [-0.15, -0.1) is 0 Å². The molecule has 4 nitrogen and oxygen atoms in total. The highest BCUT2D eigenvalue weighted by Gasteiger charge is 2.11. The number of aromatic hydroxyl groups is 1. The number of phenolic OH excluding ortho intramolecular Hbond substituents is 1. The maximum Gasteiger partial charge on any atom is 0.298 e. The summed E-state index contributed by atoms with van der Waals surface area (Å²) in [7, 11) is 2.02. The second-order valence-electron chi connectivity index (χ2n) is 5.37. The first-order valence-electron chi connectivity index (χ1n) is 7.51. The van der Waals surface area contributed by atoms with E-state index in [0.29, 0.717) is 6.47 Å². The lowest BCUT2D eigenvalue weighted by Gasteiger charge is -2.23. The molecule has 0 aromatic heterocycles. The highest BCUT2D eigenvalue weighted by Crippen LogP contribution is 2.32. The Hall–Kier alpha value is -3.27. The van der Waals surface area contributed by atoms with Crippen LogP contribution in [0.1, 0.15) is 11.1 Å². The second-order valence-corrected chi connectivity index (χ2v) is 5.37. The molecule has 24 heavy (non-hydrogen) atoms. The molecule has 4 heteroatoms. The monoisotopic (exact) mass is 319 g/mol. The fourth-order valence-corrected chi connectivity index (χ4v) is 2.58. The molecule has 3 rings (SSSR count). The number of nitrogens with zero attached hydrogens (tertiary/aromatic N) is 1. The highest BCUT2D eigenvalue weighted by molar-refractivity contribution is 5.87. The molecule has 0 unspecified atom stereocenters. The number of para-hydroxylation sites is 1. The largest absolute Gasteiger partial charge is 0.504 e. The highest BCUT2D eigenvalue weighted by atomic mass is 16.5. The molecule has 0 fully saturated rings. The molecule has 0 saturated carbocycles. The minimum Gasteiger partial charge on any atom is -0.504 e. The zero-order valence-corrected chi connectivity index (χ0v) is 13.2. The molecule has 0 radical (unpaired) electrons. The molecular formula is C20H17NO3. The van der Waals surface area contributed by atoms with Crippen LogP contribution >= 0.6 is 0 Å². The van der Waals surface area contributed by atoms with Crippen molar-refractivity contribution in [3.8, 4) is 11.5 Å². The van der Waals surface area contributed by atoms with Crippen molar-refractivity contribution in [2.45, 2.75) is 0 Å². The normalized spacial score (nSPS) is 14.9. The lowest BCUT2D eigenvalue weighted by molar-refractivity contribution is -0.120. The van der Waals surface area contributed by atoms with Crippen LogP contribution in [-0.4, -0.2) is 18.6 Å². The molecule has 0 amide bonds. The Morgan fingerprint density at radius 3 is 2.83 bits per heavy atom. The van der Waals surface area contributed by atoms with Crippen LogP contribution < -0.4 is 9.64 Å². The number of hydrogen-bond donors (Lipinski definition) is 1. The molecule has 2 aromatic carbocycles. The van der Waals surface area contributed by atoms with E-state index < -0.39 is 0 Å². The summed E-state index contributed by atoms with van der Waals surface area (Å²) in [4.78, 5) is 12.5. The molecule has 1 heterocycles. The Balaban J connectivity index is 1.86. The molecule has 1 N–H and O–H groups in total. The van der Waals surface area contributed by atoms with Gasteiger partial charge >= 0.3 is 0 Å². The van der Waals surface area contributed by atoms with Gasteiger partial charge in [-0.2, -0.15) is 0 Å². The van der Waals surface area contributed by atoms with Crippen LogP contribution in [0, 0.1) is 0 Å². The Morgan fingerprint density at radius 2 is 2.00 bits per heavy atom. The average Bonchev–Trinajstić information content (AvgIpc) is 2.60. The number of hydrogen-bond acceptors (Lipinski definition) is 4. The van der Waals surface area contributed by atoms with Crippen molar-refractivity contribution in [1.29, 1.82) is 0 Å². The van der Waals surface area contributed by atoms with Gasteiger partial charge in [-0.05, 0) is 35.4 Å². The summed E-state index contributed by atoms with van der Waals surface area (Å²) in [6.07, 6.45) is 9.93. The van der Waals surface area contributed by atoms with Crippen molar-refractivity contribution < 1.29 is 14.6 Å². The molecule has 1 aliphatic rings. The fraction of sp³-hybridized carbons (Fsp3) is 0.0500. The zero-order chi connectivity index (χ0) is 16.9. The molecule has 0 atom stereocenters. The van der Waals surface area contributed by atoms with Gasteiger partial charge < -0.3 is 14.7 Å². The second kappa shape index (κ2) is 6.87. The summed E-state index contributed by atoms with van der Waals surface area (Å²) in [6.45, 7) is 0.296. The Bertz CT molecular complexity index is 850. The maximum absolute atomic E-state index is 10.4. The number of allylic oxidation sites excluding steroid dienone is 4. The van der Waals surface area contributed by atoms with Gasteiger partial charge in [0.2, 0.25) is 0 Å². The van der Waals surface area contributed by atoms with Gasteiger partial charge in [-0.1, -0.05) is 42.5 Å². The van der Waals surface area contributed by atoms with Gasteiger partial charge in [0, 0.05) is 24.5 Å². The summed E-state index contributed by atoms with van der Waals surface area (Å²) in [5, 5.41) is 9.60. The topological polar surface area (TPSA) is 49.8 Å². The minimum absolute atomic E-state index is 0.0650. The van der Waals surface area contributed by atoms with Crippen LogP contribution in [0.5, 0.6) is 11.5 Å². The summed E-state index contributed by atoms with van der Waals surface area (Å²) < 4.78 is 4.74. The predicted molar refractivity (Wildman–Crippen MR) is 95.8 cm³/mol. The summed E-state index contributed by atoms with van der Waals surface area (Å²) >= 11 is 0. The number of fused-ring (bicyclic) bond motifs is 1. The lowest BCUT2D eigenvalue weighted by atomic mass is 10.00. The predicted octanol–water partition coefficient (Wildman–Crippen LogP) is 3.99. The van der Waals surface area contributed by atoms with Crippen LogP contribution in [0.15, 0.2) is 66.9 Å². The fourth-order valence-electron chi connectivity index (χ4n) is 2.58. The van der Waals surface area contributed by atoms with Crippen LogP contribution in [0.4, 0.5) is 5.69 Å². The number of carbonyl (C=O) groups is 1. The quantitative estimate of drug-likeness (QED) is 0.866. The number of anilines is 1. The summed E-state index contributed by atoms with van der Waals surface area (Å²) in [5.41, 5.74) is 4.27. The first-order chi connectivity index (χ1) is 11.7. The van der Waals surface area contributed by atoms with Crippen LogP contribution in [0.2, 0.25) is 0 Å². The third kappa shape index (κ3) is 3.22. The molecule has 0 spiro atoms. The van der Waals surface area contributed by atoms with Crippen molar-refractivity contribution >= 4 is 23.8 Å². The van der Waals surface area contributed by atoms with Crippen molar-refractivity contribution in [3.05, 3.63) is 78.0 Å². The first-order valence-corrected chi connectivity index (χ1v) is 7.51. The maximum atomic E-state index is 10.4. The SMILES string of the molecule is CN1C=C/C(=C\C=C\c2ccc(O)c(OC=O)c2)c2ccccc21. The van der Waals surface area contributed by atoms with Crippen LogP contribution in [0.25, 0.3) is 11.6 Å². The lowest BCUT2D eigenvalue weighted by Crippen LogP contribution is -2.13. The third-order valence-corrected chi connectivity index (χ3v) is 3.80. The first kappa shape index (κ1) is 15.6. The number of rotatable bonds is 4. The Kier molecular flexibility index (Phi) is 4.47. The summed E-state index contributed by atoms with van der Waals surface area (Å²) in [5.74, 6) is 0.0779. The van der Waals surface area contributed by atoms with Crippen molar-refractivity contribution in [3.63, 3.8) is 0 Å². The van der Waals surface area contributed by atoms with E-state index in [1.54, 1.807) is 12.1 Å². The van der Waals surface area contributed by atoms with Gasteiger partial charge in [0.1, 0.15) is 0 Å². The minimum atomic E-state index is -0.0650. The third-order valence-electron chi connectivity index (χ3n) is 3.80. The molecule has 120 valence electrons. The zero-order valence-electron chi connectivity index (χ0n) is 13.2. The smallest absolute Gasteiger partial charge is 0.298 e. The van der Waals surface area contributed by atoms with E-state index in [0.717, 1.165) is 16.8 Å². The number of carbonyl (C=O) groups excluding carboxylic acids is 1. The molecule has 0 aliphatic carbocycles. The van der Waals surface area contributed by atoms with Gasteiger partial charge in [-0.25, -0.2) is 0 Å². The molecule has 2 aromatic rings. The van der Waals surface area contributed by atoms with E-state index in [1.165, 1.54) is 11.6 Å². The van der Waals surface area contributed by atoms with E-state index in [9.17, 15) is 9.90 Å². The summed E-state index contributed by atoms with van der Waals surface area (Å²) in [6, 6.07) is 13.1. The average molecular weight is 319 g/mol. The van der Waals surface area contributed by atoms with E-state index >= 15 is 0 Å². The van der Waals surface area contributed by atoms with Gasteiger partial charge in [-0.3, -0.25) is 4.79 Å². The Labute approximate surface area is 140 Å². The van der Waals surface area contributed by atoms with Crippen LogP contribution in [0.3, 0.4) is 0 Å². The van der Waals surface area contributed by atoms with Crippen molar-refractivity contribution in [2.24, 2.45) is 0 Å². The number of benzene rings is 2. The van der Waals surface area contributed by atoms with E-state index in [4.69, 9.17) is 4.74 Å². The number of ether oxygens (including phenoxy) is 1. The van der Waals surface area contributed by atoms with E-state index in [1.807, 2.05) is 43.6 Å². The molecule has 1 aliphatic heterocycles. The van der Waals surface area contributed by atoms with Crippen molar-refractivity contribution in [2.75, 3.05) is 11.9 Å². The van der Waals surface area contributed by atoms with Gasteiger partial charge in [0.15, 0.2) is 11.5 Å².